The molecule has 3 N–H and O–H groups in total. The smallest absolute Gasteiger partial charge is 0.270 e. The van der Waals surface area contributed by atoms with Crippen molar-refractivity contribution < 1.29 is 9.59 Å². The van der Waals surface area contributed by atoms with Crippen LogP contribution in [0.2, 0.25) is 5.02 Å². The number of halogens is 2. The first kappa shape index (κ1) is 18.9. The van der Waals surface area contributed by atoms with E-state index >= 15 is 0 Å². The number of anilines is 1. The molecule has 1 fully saturated rings. The number of nitrogens with one attached hydrogen (secondary N) is 3. The number of aromatic nitrogens is 2. The highest BCUT2D eigenvalue weighted by atomic mass is 79.9. The highest BCUT2D eigenvalue weighted by molar-refractivity contribution is 9.10. The number of carbonyl (C=O) groups is 2. The zero-order chi connectivity index (χ0) is 18.5. The summed E-state index contributed by atoms with van der Waals surface area (Å²) >= 11 is 9.34. The first-order valence-corrected chi connectivity index (χ1v) is 9.53. The highest BCUT2D eigenvalue weighted by Gasteiger charge is 2.20. The minimum atomic E-state index is -0.399. The van der Waals surface area contributed by atoms with Crippen LogP contribution in [-0.2, 0) is 0 Å². The molecule has 0 radical (unpaired) electrons. The Morgan fingerprint density at radius 1 is 1.23 bits per heavy atom. The Morgan fingerprint density at radius 2 is 1.96 bits per heavy atom. The molecule has 1 aromatic carbocycles. The number of rotatable bonds is 6. The molecule has 138 valence electrons. The van der Waals surface area contributed by atoms with Gasteiger partial charge in [0.1, 0.15) is 5.69 Å². The quantitative estimate of drug-likeness (QED) is 0.644. The van der Waals surface area contributed by atoms with Gasteiger partial charge in [-0.15, -0.1) is 0 Å². The van der Waals surface area contributed by atoms with E-state index in [1.165, 1.54) is 12.8 Å². The van der Waals surface area contributed by atoms with Crippen molar-refractivity contribution in [3.63, 3.8) is 0 Å². The van der Waals surface area contributed by atoms with Crippen molar-refractivity contribution >= 4 is 45.2 Å². The SMILES string of the molecule is O=C(Nc1n[nH]c(C(=O)NCCN2CCCC2)c1Br)c1ccccc1Cl. The predicted molar refractivity (Wildman–Crippen MR) is 104 cm³/mol. The molecule has 7 nitrogen and oxygen atoms in total. The van der Waals surface area contributed by atoms with Crippen molar-refractivity contribution in [2.75, 3.05) is 31.5 Å². The maximum Gasteiger partial charge on any atom is 0.270 e. The van der Waals surface area contributed by atoms with Crippen LogP contribution in [0.3, 0.4) is 0 Å². The first-order chi connectivity index (χ1) is 12.6. The Kier molecular flexibility index (Phi) is 6.29. The summed E-state index contributed by atoms with van der Waals surface area (Å²) in [7, 11) is 0. The fraction of sp³-hybridized carbons (Fsp3) is 0.353. The summed E-state index contributed by atoms with van der Waals surface area (Å²) in [5, 5.41) is 12.5. The molecular weight excluding hydrogens is 422 g/mol. The van der Waals surface area contributed by atoms with Crippen molar-refractivity contribution in [3.8, 4) is 0 Å². The zero-order valence-electron chi connectivity index (χ0n) is 14.0. The molecular formula is C17H19BrClN5O2. The first-order valence-electron chi connectivity index (χ1n) is 8.36. The van der Waals surface area contributed by atoms with Gasteiger partial charge in [0.2, 0.25) is 0 Å². The van der Waals surface area contributed by atoms with Gasteiger partial charge >= 0.3 is 0 Å². The summed E-state index contributed by atoms with van der Waals surface area (Å²) < 4.78 is 0.400. The van der Waals surface area contributed by atoms with E-state index < -0.39 is 5.91 Å². The zero-order valence-corrected chi connectivity index (χ0v) is 16.4. The van der Waals surface area contributed by atoms with Crippen LogP contribution in [0, 0.1) is 0 Å². The number of aromatic amines is 1. The minimum absolute atomic E-state index is 0.236. The fourth-order valence-electron chi connectivity index (χ4n) is 2.80. The van der Waals surface area contributed by atoms with Gasteiger partial charge < -0.3 is 15.5 Å². The summed E-state index contributed by atoms with van der Waals surface area (Å²) in [6.45, 7) is 3.56. The lowest BCUT2D eigenvalue weighted by molar-refractivity contribution is 0.0943. The second-order valence-corrected chi connectivity index (χ2v) is 7.20. The van der Waals surface area contributed by atoms with Gasteiger partial charge in [-0.05, 0) is 54.0 Å². The largest absolute Gasteiger partial charge is 0.349 e. The second-order valence-electron chi connectivity index (χ2n) is 6.00. The monoisotopic (exact) mass is 439 g/mol. The normalized spacial score (nSPS) is 14.4. The minimum Gasteiger partial charge on any atom is -0.349 e. The molecule has 2 amide bonds. The van der Waals surface area contributed by atoms with E-state index in [0.717, 1.165) is 19.6 Å². The Balaban J connectivity index is 1.59. The van der Waals surface area contributed by atoms with Crippen molar-refractivity contribution in [2.24, 2.45) is 0 Å². The van der Waals surface area contributed by atoms with E-state index in [9.17, 15) is 9.59 Å². The highest BCUT2D eigenvalue weighted by Crippen LogP contribution is 2.25. The third-order valence-corrected chi connectivity index (χ3v) is 5.30. The van der Waals surface area contributed by atoms with Crippen LogP contribution in [-0.4, -0.2) is 53.1 Å². The topological polar surface area (TPSA) is 90.1 Å². The van der Waals surface area contributed by atoms with Gasteiger partial charge in [0, 0.05) is 13.1 Å². The third kappa shape index (κ3) is 4.44. The molecule has 9 heteroatoms. The molecule has 1 aliphatic heterocycles. The Labute approximate surface area is 164 Å². The van der Waals surface area contributed by atoms with Gasteiger partial charge in [0.05, 0.1) is 15.1 Å². The van der Waals surface area contributed by atoms with E-state index in [1.807, 2.05) is 0 Å². The number of carbonyl (C=O) groups excluding carboxylic acids is 2. The molecule has 2 aromatic rings. The van der Waals surface area contributed by atoms with Crippen molar-refractivity contribution in [2.45, 2.75) is 12.8 Å². The molecule has 0 atom stereocenters. The van der Waals surface area contributed by atoms with Crippen molar-refractivity contribution in [1.82, 2.24) is 20.4 Å². The number of hydrogen-bond donors (Lipinski definition) is 3. The molecule has 2 heterocycles. The number of benzene rings is 1. The number of likely N-dealkylation sites (tertiary alicyclic amines) is 1. The molecule has 1 saturated heterocycles. The van der Waals surface area contributed by atoms with Crippen LogP contribution in [0.4, 0.5) is 5.82 Å². The predicted octanol–water partition coefficient (Wildman–Crippen LogP) is 2.90. The summed E-state index contributed by atoms with van der Waals surface area (Å²) in [6, 6.07) is 6.72. The standard InChI is InChI=1S/C17H19BrClN5O2/c18-13-14(17(26)20-7-10-24-8-3-4-9-24)22-23-15(13)21-16(25)11-5-1-2-6-12(11)19/h1-2,5-6H,3-4,7-10H2,(H,20,26)(H2,21,22,23,25). The van der Waals surface area contributed by atoms with Crippen LogP contribution in [0.5, 0.6) is 0 Å². The van der Waals surface area contributed by atoms with E-state index in [-0.39, 0.29) is 17.4 Å². The van der Waals surface area contributed by atoms with Crippen LogP contribution >= 0.6 is 27.5 Å². The van der Waals surface area contributed by atoms with Gasteiger partial charge in [-0.2, -0.15) is 5.10 Å². The molecule has 0 unspecified atom stereocenters. The van der Waals surface area contributed by atoms with Crippen LogP contribution < -0.4 is 10.6 Å². The Hall–Kier alpha value is -1.90. The van der Waals surface area contributed by atoms with Gasteiger partial charge in [0.25, 0.3) is 11.8 Å². The maximum absolute atomic E-state index is 12.3. The fourth-order valence-corrected chi connectivity index (χ4v) is 3.48. The molecule has 26 heavy (non-hydrogen) atoms. The summed E-state index contributed by atoms with van der Waals surface area (Å²) in [5.74, 6) is -0.440. The lowest BCUT2D eigenvalue weighted by Gasteiger charge is -2.14. The van der Waals surface area contributed by atoms with Gasteiger partial charge in [-0.1, -0.05) is 23.7 Å². The Bertz CT molecular complexity index is 804. The van der Waals surface area contributed by atoms with Gasteiger partial charge in [-0.25, -0.2) is 0 Å². The van der Waals surface area contributed by atoms with Gasteiger partial charge in [0.15, 0.2) is 5.82 Å². The molecule has 0 aliphatic carbocycles. The summed E-state index contributed by atoms with van der Waals surface area (Å²) in [5.41, 5.74) is 0.599. The molecule has 0 bridgehead atoms. The van der Waals surface area contributed by atoms with Crippen LogP contribution in [0.25, 0.3) is 0 Å². The van der Waals surface area contributed by atoms with E-state index in [0.29, 0.717) is 21.6 Å². The molecule has 1 aromatic heterocycles. The van der Waals surface area contributed by atoms with Crippen molar-refractivity contribution in [1.29, 1.82) is 0 Å². The van der Waals surface area contributed by atoms with E-state index in [1.54, 1.807) is 24.3 Å². The molecule has 3 rings (SSSR count). The van der Waals surface area contributed by atoms with Crippen molar-refractivity contribution in [3.05, 3.63) is 45.0 Å². The number of H-pyrrole nitrogens is 1. The number of amides is 2. The molecule has 0 spiro atoms. The Morgan fingerprint density at radius 3 is 2.69 bits per heavy atom. The number of hydrogen-bond acceptors (Lipinski definition) is 4. The van der Waals surface area contributed by atoms with Crippen LogP contribution in [0.1, 0.15) is 33.7 Å². The second kappa shape index (κ2) is 8.66. The average Bonchev–Trinajstić information content (AvgIpc) is 3.26. The third-order valence-electron chi connectivity index (χ3n) is 4.20. The van der Waals surface area contributed by atoms with Gasteiger partial charge in [-0.3, -0.25) is 14.7 Å². The average molecular weight is 441 g/mol. The molecule has 0 saturated carbocycles. The van der Waals surface area contributed by atoms with E-state index in [2.05, 4.69) is 41.7 Å². The van der Waals surface area contributed by atoms with Crippen LogP contribution in [0.15, 0.2) is 28.7 Å². The number of nitrogens with zero attached hydrogens (tertiary/aromatic N) is 2. The van der Waals surface area contributed by atoms with E-state index in [4.69, 9.17) is 11.6 Å². The maximum atomic E-state index is 12.3. The lowest BCUT2D eigenvalue weighted by Crippen LogP contribution is -2.33. The lowest BCUT2D eigenvalue weighted by atomic mass is 10.2. The summed E-state index contributed by atoms with van der Waals surface area (Å²) in [4.78, 5) is 26.9. The molecule has 1 aliphatic rings. The summed E-state index contributed by atoms with van der Waals surface area (Å²) in [6.07, 6.45) is 2.43.